The molecule has 230 valence electrons. The Morgan fingerprint density at radius 2 is 1.79 bits per heavy atom. The molecule has 0 saturated carbocycles. The van der Waals surface area contributed by atoms with Crippen molar-refractivity contribution < 1.29 is 23.7 Å². The van der Waals surface area contributed by atoms with Crippen LogP contribution in [0.25, 0.3) is 0 Å². The Morgan fingerprint density at radius 3 is 2.49 bits per heavy atom. The van der Waals surface area contributed by atoms with Crippen LogP contribution in [0.3, 0.4) is 0 Å². The van der Waals surface area contributed by atoms with Crippen molar-refractivity contribution in [3.63, 3.8) is 0 Å². The predicted octanol–water partition coefficient (Wildman–Crippen LogP) is 1.87. The van der Waals surface area contributed by atoms with Crippen molar-refractivity contribution in [1.82, 2.24) is 40.8 Å². The van der Waals surface area contributed by atoms with Gasteiger partial charge < -0.3 is 25.4 Å². The lowest BCUT2D eigenvalue weighted by atomic mass is 10.0. The van der Waals surface area contributed by atoms with Crippen molar-refractivity contribution in [2.45, 2.75) is 72.0 Å². The second kappa shape index (κ2) is 14.6. The molecule has 13 nitrogen and oxygen atoms in total. The molecule has 3 heterocycles. The van der Waals surface area contributed by atoms with E-state index in [4.69, 9.17) is 4.52 Å². The third-order valence-electron chi connectivity index (χ3n) is 7.17. The Kier molecular flexibility index (Phi) is 10.6. The third kappa shape index (κ3) is 8.72. The van der Waals surface area contributed by atoms with Gasteiger partial charge in [0, 0.05) is 38.5 Å². The summed E-state index contributed by atoms with van der Waals surface area (Å²) >= 11 is 0. The number of carbonyl (C=O) groups excluding carboxylic acids is 4. The Balaban J connectivity index is 1.60. The topological polar surface area (TPSA) is 164 Å². The fraction of sp³-hybridized carbons (Fsp3) is 0.500. The predicted molar refractivity (Wildman–Crippen MR) is 157 cm³/mol. The quantitative estimate of drug-likeness (QED) is 0.413. The molecule has 13 heteroatoms. The lowest BCUT2D eigenvalue weighted by Gasteiger charge is -2.26. The average Bonchev–Trinajstić information content (AvgIpc) is 3.56. The van der Waals surface area contributed by atoms with Gasteiger partial charge in [-0.15, -0.1) is 0 Å². The fourth-order valence-corrected chi connectivity index (χ4v) is 4.99. The lowest BCUT2D eigenvalue weighted by Crippen LogP contribution is -2.50. The molecule has 2 atom stereocenters. The summed E-state index contributed by atoms with van der Waals surface area (Å²) in [4.78, 5) is 59.0. The highest BCUT2D eigenvalue weighted by molar-refractivity contribution is 5.92. The van der Waals surface area contributed by atoms with E-state index in [9.17, 15) is 19.2 Å². The van der Waals surface area contributed by atoms with Crippen molar-refractivity contribution in [2.75, 3.05) is 19.6 Å². The number of amides is 4. The maximum atomic E-state index is 13.7. The van der Waals surface area contributed by atoms with Gasteiger partial charge in [-0.1, -0.05) is 49.3 Å². The zero-order chi connectivity index (χ0) is 30.9. The Morgan fingerprint density at radius 1 is 1.05 bits per heavy atom. The van der Waals surface area contributed by atoms with E-state index in [0.717, 1.165) is 5.56 Å². The van der Waals surface area contributed by atoms with E-state index < -0.39 is 12.1 Å². The van der Waals surface area contributed by atoms with E-state index in [-0.39, 0.29) is 54.6 Å². The Hall–Kier alpha value is -4.55. The summed E-state index contributed by atoms with van der Waals surface area (Å²) in [6, 6.07) is 9.62. The van der Waals surface area contributed by atoms with E-state index >= 15 is 0 Å². The number of rotatable bonds is 4. The molecule has 4 rings (SSSR count). The first kappa shape index (κ1) is 31.4. The van der Waals surface area contributed by atoms with Gasteiger partial charge in [0.25, 0.3) is 5.91 Å². The van der Waals surface area contributed by atoms with Crippen LogP contribution in [0.1, 0.15) is 72.6 Å². The molecule has 3 N–H and O–H groups in total. The highest BCUT2D eigenvalue weighted by Gasteiger charge is 2.30. The molecule has 1 aromatic carbocycles. The standard InChI is InChI=1S/C30H40N8O5/c1-19(2)27-28-32-21(4)35-38(28)18-26(40)31-13-9-15-37(30(42)24-16-20(3)43-36-24)14-8-12-25(39)33-23(29(41)34-27)17-22-10-6-5-7-11-22/h5-7,10-11,16,19,23,27H,8-9,12-15,17-18H2,1-4H3,(H,31,40)(H,33,39)(H,34,41)/t23-,27+/m1/s1. The smallest absolute Gasteiger partial charge is 0.276 e. The molecule has 3 aromatic rings. The summed E-state index contributed by atoms with van der Waals surface area (Å²) in [6.07, 6.45) is 1.26. The molecule has 43 heavy (non-hydrogen) atoms. The molecular weight excluding hydrogens is 552 g/mol. The van der Waals surface area contributed by atoms with Gasteiger partial charge in [0.05, 0.1) is 6.04 Å². The Labute approximate surface area is 250 Å². The highest BCUT2D eigenvalue weighted by atomic mass is 16.5. The average molecular weight is 593 g/mol. The summed E-state index contributed by atoms with van der Waals surface area (Å²) in [5, 5.41) is 17.1. The molecule has 1 aliphatic rings. The summed E-state index contributed by atoms with van der Waals surface area (Å²) < 4.78 is 6.58. The summed E-state index contributed by atoms with van der Waals surface area (Å²) in [6.45, 7) is 8.21. The molecule has 0 saturated heterocycles. The number of hydrogen-bond donors (Lipinski definition) is 3. The Bertz CT molecular complexity index is 1420. The number of aryl methyl sites for hydroxylation is 2. The molecule has 0 radical (unpaired) electrons. The van der Waals surface area contributed by atoms with E-state index in [2.05, 4.69) is 31.2 Å². The number of nitrogens with one attached hydrogen (secondary N) is 3. The first-order valence-electron chi connectivity index (χ1n) is 14.6. The summed E-state index contributed by atoms with van der Waals surface area (Å²) in [5.74, 6) is 0.122. The van der Waals surface area contributed by atoms with Crippen LogP contribution in [0.2, 0.25) is 0 Å². The normalized spacial score (nSPS) is 19.6. The van der Waals surface area contributed by atoms with Crippen LogP contribution in [0.5, 0.6) is 0 Å². The van der Waals surface area contributed by atoms with Gasteiger partial charge in [0.1, 0.15) is 24.2 Å². The summed E-state index contributed by atoms with van der Waals surface area (Å²) in [5.41, 5.74) is 1.07. The number of nitrogens with zero attached hydrogens (tertiary/aromatic N) is 5. The first-order valence-corrected chi connectivity index (χ1v) is 14.6. The van der Waals surface area contributed by atoms with Crippen LogP contribution < -0.4 is 16.0 Å². The van der Waals surface area contributed by atoms with Crippen LogP contribution in [0.4, 0.5) is 0 Å². The van der Waals surface area contributed by atoms with Crippen LogP contribution in [0.15, 0.2) is 40.9 Å². The van der Waals surface area contributed by atoms with Crippen molar-refractivity contribution in [3.8, 4) is 0 Å². The molecule has 0 spiro atoms. The second-order valence-corrected chi connectivity index (χ2v) is 11.1. The van der Waals surface area contributed by atoms with Crippen molar-refractivity contribution in [3.05, 3.63) is 65.1 Å². The SMILES string of the molecule is Cc1nc2n(n1)CC(=O)NCCCN(C(=O)c1cc(C)on1)CCCC(=O)N[C@H](Cc1ccccc1)C(=O)N[C@H]2C(C)C. The van der Waals surface area contributed by atoms with Gasteiger partial charge in [0.2, 0.25) is 17.7 Å². The fourth-order valence-electron chi connectivity index (χ4n) is 4.99. The van der Waals surface area contributed by atoms with Crippen molar-refractivity contribution in [2.24, 2.45) is 5.92 Å². The van der Waals surface area contributed by atoms with Crippen molar-refractivity contribution >= 4 is 23.6 Å². The molecule has 0 bridgehead atoms. The van der Waals surface area contributed by atoms with Crippen LogP contribution in [0, 0.1) is 19.8 Å². The zero-order valence-electron chi connectivity index (χ0n) is 25.1. The van der Waals surface area contributed by atoms with Crippen LogP contribution >= 0.6 is 0 Å². The van der Waals surface area contributed by atoms with E-state index in [1.54, 1.807) is 24.8 Å². The lowest BCUT2D eigenvalue weighted by molar-refractivity contribution is -0.129. The monoisotopic (exact) mass is 592 g/mol. The van der Waals surface area contributed by atoms with Gasteiger partial charge >= 0.3 is 0 Å². The number of carbonyl (C=O) groups is 4. The van der Waals surface area contributed by atoms with Gasteiger partial charge in [-0.2, -0.15) is 5.10 Å². The van der Waals surface area contributed by atoms with E-state index in [0.29, 0.717) is 49.9 Å². The van der Waals surface area contributed by atoms with Gasteiger partial charge in [-0.25, -0.2) is 9.67 Å². The number of aromatic nitrogens is 4. The number of fused-ring (bicyclic) bond motifs is 1. The number of hydrogen-bond acceptors (Lipinski definition) is 8. The van der Waals surface area contributed by atoms with Crippen LogP contribution in [-0.2, 0) is 27.3 Å². The molecule has 4 amide bonds. The molecule has 0 fully saturated rings. The van der Waals surface area contributed by atoms with Gasteiger partial charge in [-0.3, -0.25) is 19.2 Å². The molecule has 1 aliphatic heterocycles. The molecule has 2 aromatic heterocycles. The minimum atomic E-state index is -0.855. The largest absolute Gasteiger partial charge is 0.361 e. The minimum Gasteiger partial charge on any atom is -0.361 e. The maximum Gasteiger partial charge on any atom is 0.276 e. The van der Waals surface area contributed by atoms with Crippen LogP contribution in [-0.4, -0.2) is 74.1 Å². The molecular formula is C30H40N8O5. The van der Waals surface area contributed by atoms with Gasteiger partial charge in [0.15, 0.2) is 11.5 Å². The first-order chi connectivity index (χ1) is 20.6. The van der Waals surface area contributed by atoms with Crippen molar-refractivity contribution in [1.29, 1.82) is 0 Å². The second-order valence-electron chi connectivity index (χ2n) is 11.1. The minimum absolute atomic E-state index is 0.0786. The third-order valence-corrected chi connectivity index (χ3v) is 7.17. The van der Waals surface area contributed by atoms with E-state index in [1.165, 1.54) is 4.68 Å². The van der Waals surface area contributed by atoms with E-state index in [1.807, 2.05) is 44.2 Å². The zero-order valence-corrected chi connectivity index (χ0v) is 25.1. The molecule has 0 unspecified atom stereocenters. The molecule has 0 aliphatic carbocycles. The maximum absolute atomic E-state index is 13.7. The number of benzene rings is 1. The highest BCUT2D eigenvalue weighted by Crippen LogP contribution is 2.21. The van der Waals surface area contributed by atoms with Gasteiger partial charge in [-0.05, 0) is 38.2 Å². The summed E-state index contributed by atoms with van der Waals surface area (Å²) in [7, 11) is 0.